The molecule has 144 valence electrons. The molecular weight excluding hydrogens is 368 g/mol. The van der Waals surface area contributed by atoms with Gasteiger partial charge in [0, 0.05) is 31.1 Å². The van der Waals surface area contributed by atoms with Crippen molar-refractivity contribution in [2.45, 2.75) is 31.7 Å². The van der Waals surface area contributed by atoms with Gasteiger partial charge >= 0.3 is 0 Å². The molecule has 0 amide bonds. The van der Waals surface area contributed by atoms with Crippen LogP contribution in [-0.2, 0) is 13.0 Å². The van der Waals surface area contributed by atoms with E-state index in [0.717, 1.165) is 49.1 Å². The second-order valence-electron chi connectivity index (χ2n) is 7.81. The van der Waals surface area contributed by atoms with Gasteiger partial charge in [0.1, 0.15) is 5.82 Å². The number of hydrogen-bond donors (Lipinski definition) is 1. The highest BCUT2D eigenvalue weighted by Crippen LogP contribution is 2.37. The first kappa shape index (κ1) is 17.8. The third kappa shape index (κ3) is 3.31. The normalized spacial score (nSPS) is 19.4. The van der Waals surface area contributed by atoms with Crippen LogP contribution in [0.5, 0.6) is 0 Å². The molecule has 1 aromatic heterocycles. The van der Waals surface area contributed by atoms with E-state index >= 15 is 0 Å². The predicted octanol–water partition coefficient (Wildman–Crippen LogP) is 4.87. The number of aromatic nitrogens is 2. The number of hydrogen-bond acceptors (Lipinski definition) is 3. The first-order valence-electron chi connectivity index (χ1n) is 10.2. The average molecular weight is 393 g/mol. The molecule has 1 atom stereocenters. The van der Waals surface area contributed by atoms with Gasteiger partial charge in [-0.1, -0.05) is 54.1 Å². The fourth-order valence-electron chi connectivity index (χ4n) is 4.59. The van der Waals surface area contributed by atoms with Crippen LogP contribution in [0.1, 0.15) is 35.6 Å². The van der Waals surface area contributed by atoms with Gasteiger partial charge in [-0.25, -0.2) is 4.68 Å². The topological polar surface area (TPSA) is 33.1 Å². The lowest BCUT2D eigenvalue weighted by Crippen LogP contribution is -2.34. The Morgan fingerprint density at radius 2 is 1.89 bits per heavy atom. The molecule has 28 heavy (non-hydrogen) atoms. The molecule has 5 rings (SSSR count). The predicted molar refractivity (Wildman–Crippen MR) is 114 cm³/mol. The molecule has 2 aromatic carbocycles. The third-order valence-corrected chi connectivity index (χ3v) is 6.22. The molecule has 3 heterocycles. The summed E-state index contributed by atoms with van der Waals surface area (Å²) in [6, 6.07) is 18.7. The van der Waals surface area contributed by atoms with Gasteiger partial charge in [0.15, 0.2) is 0 Å². The molecule has 4 nitrogen and oxygen atoms in total. The minimum absolute atomic E-state index is 0.481. The number of piperidine rings is 1. The van der Waals surface area contributed by atoms with Crippen LogP contribution in [0.3, 0.4) is 0 Å². The molecule has 0 aliphatic carbocycles. The smallest absolute Gasteiger partial charge is 0.133 e. The van der Waals surface area contributed by atoms with E-state index < -0.39 is 0 Å². The summed E-state index contributed by atoms with van der Waals surface area (Å²) in [6.07, 6.45) is 3.47. The zero-order valence-corrected chi connectivity index (χ0v) is 16.7. The lowest BCUT2D eigenvalue weighted by Gasteiger charge is -2.32. The number of halogens is 1. The van der Waals surface area contributed by atoms with Gasteiger partial charge in [0.25, 0.3) is 0 Å². The van der Waals surface area contributed by atoms with Crippen LogP contribution in [-0.4, -0.2) is 34.3 Å². The molecule has 0 bridgehead atoms. The summed E-state index contributed by atoms with van der Waals surface area (Å²) >= 11 is 6.47. The molecule has 0 spiro atoms. The molecule has 2 aliphatic rings. The second kappa shape index (κ2) is 7.61. The number of likely N-dealkylation sites (tertiary alicyclic amines) is 1. The van der Waals surface area contributed by atoms with E-state index in [1.807, 2.05) is 28.9 Å². The largest absolute Gasteiger partial charge is 0.369 e. The molecule has 2 aliphatic heterocycles. The average Bonchev–Trinajstić information content (AvgIpc) is 3.32. The van der Waals surface area contributed by atoms with Crippen LogP contribution in [0.2, 0.25) is 5.02 Å². The van der Waals surface area contributed by atoms with Crippen LogP contribution in [0.15, 0.2) is 54.6 Å². The fourth-order valence-corrected chi connectivity index (χ4v) is 4.81. The highest BCUT2D eigenvalue weighted by Gasteiger charge is 2.31. The van der Waals surface area contributed by atoms with E-state index in [1.54, 1.807) is 0 Å². The summed E-state index contributed by atoms with van der Waals surface area (Å²) < 4.78 is 2.02. The number of para-hydroxylation sites is 1. The van der Waals surface area contributed by atoms with E-state index in [0.29, 0.717) is 5.92 Å². The maximum atomic E-state index is 6.47. The Labute approximate surface area is 171 Å². The van der Waals surface area contributed by atoms with E-state index in [9.17, 15) is 0 Å². The highest BCUT2D eigenvalue weighted by atomic mass is 35.5. The van der Waals surface area contributed by atoms with Crippen molar-refractivity contribution in [2.24, 2.45) is 0 Å². The minimum Gasteiger partial charge on any atom is -0.369 e. The van der Waals surface area contributed by atoms with Crippen LogP contribution in [0.4, 0.5) is 5.82 Å². The molecule has 5 heteroatoms. The number of nitrogens with zero attached hydrogens (tertiary/aromatic N) is 3. The molecular formula is C23H25ClN4. The first-order valence-corrected chi connectivity index (χ1v) is 10.5. The molecule has 3 aromatic rings. The number of nitrogens with one attached hydrogen (secondary N) is 1. The summed E-state index contributed by atoms with van der Waals surface area (Å²) in [5, 5.41) is 9.34. The molecule has 1 fully saturated rings. The fraction of sp³-hybridized carbons (Fsp3) is 0.348. The SMILES string of the molecule is Clc1ccccc1-n1nc(C2CCCN(Cc3ccccc3)C2)c2c1NCC2. The van der Waals surface area contributed by atoms with Gasteiger partial charge in [-0.15, -0.1) is 0 Å². The van der Waals surface area contributed by atoms with Crippen LogP contribution in [0.25, 0.3) is 5.69 Å². The monoisotopic (exact) mass is 392 g/mol. The Kier molecular flexibility index (Phi) is 4.83. The van der Waals surface area contributed by atoms with Crippen molar-refractivity contribution in [3.63, 3.8) is 0 Å². The summed E-state index contributed by atoms with van der Waals surface area (Å²) in [4.78, 5) is 2.58. The van der Waals surface area contributed by atoms with Gasteiger partial charge in [0.2, 0.25) is 0 Å². The van der Waals surface area contributed by atoms with E-state index in [4.69, 9.17) is 16.7 Å². The lowest BCUT2D eigenvalue weighted by atomic mass is 9.91. The van der Waals surface area contributed by atoms with Gasteiger partial charge in [-0.3, -0.25) is 4.90 Å². The van der Waals surface area contributed by atoms with Gasteiger partial charge in [-0.2, -0.15) is 5.10 Å². The number of fused-ring (bicyclic) bond motifs is 1. The van der Waals surface area contributed by atoms with Crippen molar-refractivity contribution in [2.75, 3.05) is 25.0 Å². The van der Waals surface area contributed by atoms with Crippen LogP contribution < -0.4 is 5.32 Å². The maximum absolute atomic E-state index is 6.47. The Morgan fingerprint density at radius 3 is 2.75 bits per heavy atom. The first-order chi connectivity index (χ1) is 13.8. The zero-order valence-electron chi connectivity index (χ0n) is 15.9. The van der Waals surface area contributed by atoms with Crippen molar-refractivity contribution in [3.05, 3.63) is 76.4 Å². The van der Waals surface area contributed by atoms with Gasteiger partial charge in [-0.05, 0) is 43.5 Å². The standard InChI is InChI=1S/C23H25ClN4/c24-20-10-4-5-11-21(20)28-23-19(12-13-25-23)22(26-28)18-9-6-14-27(16-18)15-17-7-2-1-3-8-17/h1-5,7-8,10-11,18,25H,6,9,12-16H2. The van der Waals surface area contributed by atoms with Crippen molar-refractivity contribution in [3.8, 4) is 5.69 Å². The Balaban J connectivity index is 1.43. The second-order valence-corrected chi connectivity index (χ2v) is 8.22. The zero-order chi connectivity index (χ0) is 18.9. The van der Waals surface area contributed by atoms with E-state index in [2.05, 4.69) is 40.5 Å². The quantitative estimate of drug-likeness (QED) is 0.687. The summed E-state index contributed by atoms with van der Waals surface area (Å²) in [6.45, 7) is 4.23. The van der Waals surface area contributed by atoms with Gasteiger partial charge < -0.3 is 5.32 Å². The van der Waals surface area contributed by atoms with Crippen LogP contribution in [0, 0.1) is 0 Å². The Morgan fingerprint density at radius 1 is 1.07 bits per heavy atom. The third-order valence-electron chi connectivity index (χ3n) is 5.90. The maximum Gasteiger partial charge on any atom is 0.133 e. The van der Waals surface area contributed by atoms with E-state index in [1.165, 1.54) is 29.7 Å². The van der Waals surface area contributed by atoms with E-state index in [-0.39, 0.29) is 0 Å². The van der Waals surface area contributed by atoms with Crippen molar-refractivity contribution >= 4 is 17.4 Å². The van der Waals surface area contributed by atoms with Gasteiger partial charge in [0.05, 0.1) is 16.4 Å². The summed E-state index contributed by atoms with van der Waals surface area (Å²) in [7, 11) is 0. The highest BCUT2D eigenvalue weighted by molar-refractivity contribution is 6.32. The number of rotatable bonds is 4. The number of anilines is 1. The minimum atomic E-state index is 0.481. The van der Waals surface area contributed by atoms with Crippen molar-refractivity contribution in [1.29, 1.82) is 0 Å². The summed E-state index contributed by atoms with van der Waals surface area (Å²) in [5.74, 6) is 1.61. The Hall–Kier alpha value is -2.30. The van der Waals surface area contributed by atoms with Crippen molar-refractivity contribution in [1.82, 2.24) is 14.7 Å². The molecule has 1 unspecified atom stereocenters. The lowest BCUT2D eigenvalue weighted by molar-refractivity contribution is 0.198. The molecule has 1 saturated heterocycles. The molecule has 1 N–H and O–H groups in total. The van der Waals surface area contributed by atoms with Crippen LogP contribution >= 0.6 is 11.6 Å². The molecule has 0 radical (unpaired) electrons. The summed E-state index contributed by atoms with van der Waals surface area (Å²) in [5.41, 5.74) is 4.99. The Bertz CT molecular complexity index is 966. The molecule has 0 saturated carbocycles. The van der Waals surface area contributed by atoms with Crippen molar-refractivity contribution < 1.29 is 0 Å². The number of benzene rings is 2.